The maximum absolute atomic E-state index is 7.75. The van der Waals surface area contributed by atoms with Crippen LogP contribution in [-0.2, 0) is 46.8 Å². The molecule has 7 heteroatoms. The predicted octanol–water partition coefficient (Wildman–Crippen LogP) is 17.9. The van der Waals surface area contributed by atoms with Gasteiger partial charge in [-0.1, -0.05) is 222 Å². The van der Waals surface area contributed by atoms with Gasteiger partial charge in [-0.15, -0.1) is 0 Å². The van der Waals surface area contributed by atoms with Gasteiger partial charge >= 0.3 is 27.0 Å². The van der Waals surface area contributed by atoms with E-state index in [1.54, 1.807) is 0 Å². The van der Waals surface area contributed by atoms with Crippen LogP contribution in [0.15, 0.2) is 42.5 Å². The fourth-order valence-corrected chi connectivity index (χ4v) is 22.2. The SMILES string of the molecule is CC(C)(C)P(Cc1[c-]c(CP(C(C)(C)C)C(C)(C)C)ccc1)C(C)(C)C.CC(C)(C)P(Cc1cccc(CP(C(C)(C)C)C(C)(C)C)c1)C(C)(C)C.[CH-]=O.[Cl][Ru+2]. The predicted molar refractivity (Wildman–Crippen MR) is 265 cm³/mol. The van der Waals surface area contributed by atoms with Crippen LogP contribution in [-0.4, -0.2) is 48.0 Å². The van der Waals surface area contributed by atoms with Crippen LogP contribution in [0.5, 0.6) is 0 Å². The molecular formula is C49H88ClOP4Ru. The molecule has 0 fully saturated rings. The van der Waals surface area contributed by atoms with Gasteiger partial charge in [0.2, 0.25) is 0 Å². The molecule has 2 rings (SSSR count). The van der Waals surface area contributed by atoms with Crippen LogP contribution in [0.4, 0.5) is 0 Å². The molecule has 2 aromatic rings. The molecule has 325 valence electrons. The molecule has 0 heterocycles. The summed E-state index contributed by atoms with van der Waals surface area (Å²) in [6.45, 7) is 61.2. The van der Waals surface area contributed by atoms with Gasteiger partial charge < -0.3 is 4.79 Å². The van der Waals surface area contributed by atoms with Crippen LogP contribution < -0.4 is 0 Å². The first-order chi connectivity index (χ1) is 24.8. The zero-order valence-electron chi connectivity index (χ0n) is 40.9. The van der Waals surface area contributed by atoms with Crippen molar-refractivity contribution in [2.75, 3.05) is 0 Å². The van der Waals surface area contributed by atoms with Gasteiger partial charge in [0.15, 0.2) is 0 Å². The zero-order chi connectivity index (χ0) is 45.1. The van der Waals surface area contributed by atoms with Gasteiger partial charge in [-0.25, -0.2) is 0 Å². The summed E-state index contributed by atoms with van der Waals surface area (Å²) in [6, 6.07) is 20.2. The fourth-order valence-electron chi connectivity index (χ4n) is 8.21. The monoisotopic (exact) mass is 953 g/mol. The third-order valence-corrected chi connectivity index (χ3v) is 25.4. The normalized spacial score (nSPS) is 13.5. The van der Waals surface area contributed by atoms with Crippen LogP contribution in [0, 0.1) is 6.07 Å². The molecule has 0 N–H and O–H groups in total. The van der Waals surface area contributed by atoms with E-state index in [2.05, 4.69) is 231 Å². The summed E-state index contributed by atoms with van der Waals surface area (Å²) in [4.78, 5) is 7.75. The molecular weight excluding hydrogens is 865 g/mol. The summed E-state index contributed by atoms with van der Waals surface area (Å²) in [7, 11) is 4.14. The van der Waals surface area contributed by atoms with Crippen LogP contribution in [0.25, 0.3) is 0 Å². The minimum atomic E-state index is -0.123. The second kappa shape index (κ2) is 23.3. The second-order valence-corrected chi connectivity index (χ2v) is 38.7. The maximum atomic E-state index is 7.75. The van der Waals surface area contributed by atoms with Gasteiger partial charge in [0.1, 0.15) is 0 Å². The van der Waals surface area contributed by atoms with Gasteiger partial charge in [0.05, 0.1) is 0 Å². The Hall–Kier alpha value is 0.743. The van der Waals surface area contributed by atoms with Crippen molar-refractivity contribution in [3.63, 3.8) is 0 Å². The van der Waals surface area contributed by atoms with Crippen LogP contribution in [0.3, 0.4) is 0 Å². The first-order valence-electron chi connectivity index (χ1n) is 20.4. The topological polar surface area (TPSA) is 17.1 Å². The number of halogens is 1. The molecule has 1 nitrogen and oxygen atoms in total. The Morgan fingerprint density at radius 1 is 0.411 bits per heavy atom. The molecule has 0 spiro atoms. The quantitative estimate of drug-likeness (QED) is 0.112. The molecule has 0 aliphatic heterocycles. The number of carbonyl (C=O) groups excluding carboxylic acids is 1. The summed E-state index contributed by atoms with van der Waals surface area (Å²) in [5.41, 5.74) is 5.90. The number of benzene rings is 2. The molecule has 0 atom stereocenters. The Bertz CT molecular complexity index is 1140. The summed E-state index contributed by atoms with van der Waals surface area (Å²) >= 11 is 1.82. The molecule has 56 heavy (non-hydrogen) atoms. The zero-order valence-corrected chi connectivity index (χ0v) is 46.9. The van der Waals surface area contributed by atoms with E-state index in [0.717, 1.165) is 0 Å². The Morgan fingerprint density at radius 2 is 0.607 bits per heavy atom. The van der Waals surface area contributed by atoms with E-state index in [1.165, 1.54) is 46.9 Å². The van der Waals surface area contributed by atoms with E-state index in [0.29, 0.717) is 41.2 Å². The van der Waals surface area contributed by atoms with Gasteiger partial charge in [-0.3, -0.25) is 6.79 Å². The van der Waals surface area contributed by atoms with Gasteiger partial charge in [-0.2, -0.15) is 35.4 Å². The van der Waals surface area contributed by atoms with Crippen molar-refractivity contribution in [3.8, 4) is 0 Å². The van der Waals surface area contributed by atoms with Gasteiger partial charge in [-0.05, 0) is 77.0 Å². The summed E-state index contributed by atoms with van der Waals surface area (Å²) < 4.78 is 0. The van der Waals surface area contributed by atoms with Crippen molar-refractivity contribution < 1.29 is 22.1 Å². The van der Waals surface area contributed by atoms with Crippen LogP contribution in [0.1, 0.15) is 188 Å². The van der Waals surface area contributed by atoms with E-state index in [-0.39, 0.29) is 31.7 Å². The fraction of sp³-hybridized carbons (Fsp3) is 0.735. The number of rotatable bonds is 8. The number of hydrogen-bond donors (Lipinski definition) is 0. The molecule has 0 aliphatic rings. The van der Waals surface area contributed by atoms with E-state index in [1.807, 2.05) is 17.3 Å². The van der Waals surface area contributed by atoms with Crippen LogP contribution in [0.2, 0.25) is 0 Å². The molecule has 0 unspecified atom stereocenters. The minimum absolute atomic E-state index is 0.0916. The molecule has 0 aliphatic carbocycles. The molecule has 0 bridgehead atoms. The van der Waals surface area contributed by atoms with Crippen molar-refractivity contribution >= 4 is 48.2 Å². The van der Waals surface area contributed by atoms with Crippen molar-refractivity contribution in [1.29, 1.82) is 0 Å². The molecule has 0 aromatic heterocycles. The molecule has 0 radical (unpaired) electrons. The Morgan fingerprint density at radius 3 is 0.821 bits per heavy atom. The standard InChI is InChI=1S/C24H44P2.C24H43P2.CHO.ClH.Ru/c2*1-21(2,3)25(22(4,5)6)17-19-14-13-15-20(16-19)18-26(23(7,8)9)24(10,11)12;1-2;;/h13-16H,17-18H2,1-12H3;13-15H,17-18H2,1-12H3;1H;1H;/q;2*-1;;+3/p-1. The first-order valence-corrected chi connectivity index (χ1v) is 28.7. The Balaban J connectivity index is 0. The van der Waals surface area contributed by atoms with Crippen molar-refractivity contribution in [2.24, 2.45) is 0 Å². The van der Waals surface area contributed by atoms with E-state index >= 15 is 0 Å². The van der Waals surface area contributed by atoms with Crippen molar-refractivity contribution in [2.45, 2.75) is 232 Å². The third kappa shape index (κ3) is 22.0. The molecule has 2 aromatic carbocycles. The third-order valence-electron chi connectivity index (χ3n) is 9.72. The van der Waals surface area contributed by atoms with Crippen LogP contribution >= 0.6 is 41.4 Å². The first kappa shape index (κ1) is 58.8. The second-order valence-electron chi connectivity index (χ2n) is 23.2. The van der Waals surface area contributed by atoms with Crippen molar-refractivity contribution in [1.82, 2.24) is 0 Å². The average molecular weight is 954 g/mol. The molecule has 0 amide bonds. The summed E-state index contributed by atoms with van der Waals surface area (Å²) in [6.07, 6.45) is 4.83. The Labute approximate surface area is 370 Å². The van der Waals surface area contributed by atoms with E-state index in [4.69, 9.17) is 4.79 Å². The average Bonchev–Trinajstić information content (AvgIpc) is 2.98. The molecule has 0 saturated heterocycles. The summed E-state index contributed by atoms with van der Waals surface area (Å²) in [5.74, 6) is 0. The van der Waals surface area contributed by atoms with E-state index < -0.39 is 0 Å². The molecule has 0 saturated carbocycles. The number of hydrogen-bond acceptors (Lipinski definition) is 1. The Kier molecular flexibility index (Phi) is 24.4. The van der Waals surface area contributed by atoms with Gasteiger partial charge in [0, 0.05) is 0 Å². The van der Waals surface area contributed by atoms with Gasteiger partial charge in [0.25, 0.3) is 0 Å². The summed E-state index contributed by atoms with van der Waals surface area (Å²) in [5, 5.41) is 2.98. The van der Waals surface area contributed by atoms with Crippen molar-refractivity contribution in [3.05, 3.63) is 70.8 Å². The van der Waals surface area contributed by atoms with E-state index in [9.17, 15) is 0 Å².